The number of hydrogen-bond donors (Lipinski definition) is 4. The molecule has 0 aliphatic heterocycles. The summed E-state index contributed by atoms with van der Waals surface area (Å²) in [4.78, 5) is 4.80. The van der Waals surface area contributed by atoms with Crippen LogP contribution in [0.1, 0.15) is 23.3 Å². The molecule has 0 amide bonds. The van der Waals surface area contributed by atoms with Crippen molar-refractivity contribution in [2.24, 2.45) is 0 Å². The highest BCUT2D eigenvalue weighted by Gasteiger charge is 2.40. The fraction of sp³-hybridized carbons (Fsp3) is 0.190. The van der Waals surface area contributed by atoms with Gasteiger partial charge in [-0.15, -0.1) is 0 Å². The lowest BCUT2D eigenvalue weighted by Crippen LogP contribution is -2.41. The van der Waals surface area contributed by atoms with Crippen molar-refractivity contribution in [1.82, 2.24) is 4.98 Å². The van der Waals surface area contributed by atoms with Gasteiger partial charge >= 0.3 is 0 Å². The van der Waals surface area contributed by atoms with E-state index in [2.05, 4.69) is 0 Å². The molecule has 5 nitrogen and oxygen atoms in total. The van der Waals surface area contributed by atoms with E-state index in [1.807, 2.05) is 48.5 Å². The molecule has 26 heavy (non-hydrogen) atoms. The Morgan fingerprint density at radius 1 is 0.654 bits per heavy atom. The van der Waals surface area contributed by atoms with Crippen LogP contribution in [0.15, 0.2) is 54.6 Å². The average Bonchev–Trinajstić information content (AvgIpc) is 2.68. The van der Waals surface area contributed by atoms with Crippen molar-refractivity contribution < 1.29 is 20.4 Å². The van der Waals surface area contributed by atoms with Gasteiger partial charge in [0, 0.05) is 21.7 Å². The van der Waals surface area contributed by atoms with E-state index in [0.717, 1.165) is 27.1 Å². The van der Waals surface area contributed by atoms with Crippen LogP contribution in [0.5, 0.6) is 0 Å². The highest BCUT2D eigenvalue weighted by atomic mass is 16.4. The fourth-order valence-corrected chi connectivity index (χ4v) is 3.97. The molecule has 0 fully saturated rings. The van der Waals surface area contributed by atoms with Crippen LogP contribution >= 0.6 is 0 Å². The van der Waals surface area contributed by atoms with Crippen LogP contribution in [0.25, 0.3) is 32.6 Å². The Hall–Kier alpha value is -2.57. The molecule has 0 bridgehead atoms. The van der Waals surface area contributed by atoms with Crippen molar-refractivity contribution in [3.05, 3.63) is 65.7 Å². The molecule has 0 saturated heterocycles. The molecule has 4 atom stereocenters. The van der Waals surface area contributed by atoms with E-state index in [-0.39, 0.29) is 0 Å². The number of hydrogen-bond acceptors (Lipinski definition) is 5. The van der Waals surface area contributed by atoms with E-state index in [1.165, 1.54) is 0 Å². The zero-order chi connectivity index (χ0) is 18.0. The van der Waals surface area contributed by atoms with E-state index in [9.17, 15) is 20.4 Å². The van der Waals surface area contributed by atoms with Crippen molar-refractivity contribution >= 4 is 32.6 Å². The molecule has 4 N–H and O–H groups in total. The third-order valence-corrected chi connectivity index (χ3v) is 5.36. The molecule has 0 saturated carbocycles. The van der Waals surface area contributed by atoms with Crippen molar-refractivity contribution in [2.75, 3.05) is 0 Å². The predicted octanol–water partition coefficient (Wildman–Crippen LogP) is 2.34. The zero-order valence-corrected chi connectivity index (χ0v) is 13.7. The largest absolute Gasteiger partial charge is 0.387 e. The Balaban J connectivity index is 1.91. The Morgan fingerprint density at radius 2 is 1.31 bits per heavy atom. The van der Waals surface area contributed by atoms with Gasteiger partial charge in [0.1, 0.15) is 24.4 Å². The molecular formula is C21H17NO4. The third-order valence-electron chi connectivity index (χ3n) is 5.36. The van der Waals surface area contributed by atoms with E-state index < -0.39 is 24.4 Å². The molecule has 130 valence electrons. The topological polar surface area (TPSA) is 93.8 Å². The van der Waals surface area contributed by atoms with Gasteiger partial charge in [0.2, 0.25) is 0 Å². The van der Waals surface area contributed by atoms with Gasteiger partial charge in [-0.3, -0.25) is 0 Å². The molecule has 0 radical (unpaired) electrons. The van der Waals surface area contributed by atoms with Gasteiger partial charge in [-0.05, 0) is 17.0 Å². The third kappa shape index (κ3) is 2.03. The number of fused-ring (bicyclic) bond motifs is 6. The minimum atomic E-state index is -1.46. The Morgan fingerprint density at radius 3 is 2.15 bits per heavy atom. The lowest BCUT2D eigenvalue weighted by atomic mass is 9.82. The highest BCUT2D eigenvalue weighted by Crippen LogP contribution is 2.41. The molecule has 1 heterocycles. The van der Waals surface area contributed by atoms with Gasteiger partial charge < -0.3 is 20.4 Å². The summed E-state index contributed by atoms with van der Waals surface area (Å²) in [5.41, 5.74) is 2.10. The van der Waals surface area contributed by atoms with Gasteiger partial charge in [-0.2, -0.15) is 0 Å². The SMILES string of the molecule is O[C@@H]1[C@H](O)[C@@H](O)c2ccc3cc4ccc5ccccc5c4nc3c2[C@H]1O. The second kappa shape index (κ2) is 5.46. The Labute approximate surface area is 148 Å². The van der Waals surface area contributed by atoms with Gasteiger partial charge in [-0.1, -0.05) is 48.5 Å². The maximum Gasteiger partial charge on any atom is 0.113 e. The van der Waals surface area contributed by atoms with Crippen LogP contribution in [0.3, 0.4) is 0 Å². The van der Waals surface area contributed by atoms with E-state index in [1.54, 1.807) is 6.07 Å². The summed E-state index contributed by atoms with van der Waals surface area (Å²) in [6, 6.07) is 17.5. The number of benzene rings is 3. The maximum atomic E-state index is 10.5. The lowest BCUT2D eigenvalue weighted by Gasteiger charge is -2.35. The van der Waals surface area contributed by atoms with Crippen molar-refractivity contribution in [2.45, 2.75) is 24.4 Å². The number of nitrogens with zero attached hydrogens (tertiary/aromatic N) is 1. The van der Waals surface area contributed by atoms with Crippen LogP contribution in [-0.2, 0) is 0 Å². The highest BCUT2D eigenvalue weighted by molar-refractivity contribution is 6.08. The molecule has 5 rings (SSSR count). The monoisotopic (exact) mass is 347 g/mol. The summed E-state index contributed by atoms with van der Waals surface area (Å²) in [7, 11) is 0. The normalized spacial score (nSPS) is 25.7. The summed E-state index contributed by atoms with van der Waals surface area (Å²) in [6.45, 7) is 0. The van der Waals surface area contributed by atoms with Crippen LogP contribution in [0.4, 0.5) is 0 Å². The van der Waals surface area contributed by atoms with Gasteiger partial charge in [-0.25, -0.2) is 4.98 Å². The first-order chi connectivity index (χ1) is 12.6. The molecule has 1 aliphatic rings. The number of pyridine rings is 1. The first kappa shape index (κ1) is 15.7. The molecule has 1 aliphatic carbocycles. The summed E-state index contributed by atoms with van der Waals surface area (Å²) in [5.74, 6) is 0. The second-order valence-corrected chi connectivity index (χ2v) is 6.86. The van der Waals surface area contributed by atoms with Gasteiger partial charge in [0.15, 0.2) is 0 Å². The minimum absolute atomic E-state index is 0.377. The molecular weight excluding hydrogens is 330 g/mol. The number of aliphatic hydroxyl groups is 4. The molecule has 5 heteroatoms. The molecule has 3 aromatic carbocycles. The van der Waals surface area contributed by atoms with Crippen LogP contribution < -0.4 is 0 Å². The predicted molar refractivity (Wildman–Crippen MR) is 98.7 cm³/mol. The van der Waals surface area contributed by atoms with Crippen molar-refractivity contribution in [1.29, 1.82) is 0 Å². The summed E-state index contributed by atoms with van der Waals surface area (Å²) >= 11 is 0. The zero-order valence-electron chi connectivity index (χ0n) is 13.7. The quantitative estimate of drug-likeness (QED) is 0.289. The van der Waals surface area contributed by atoms with Crippen molar-refractivity contribution in [3.63, 3.8) is 0 Å². The standard InChI is InChI=1S/C21H17NO4/c23-18-14-8-7-12-9-11-6-5-10-3-1-2-4-13(10)16(11)22-17(12)15(14)19(24)21(26)20(18)25/h1-9,18-21,23-26H/t18-,19+,20+,21-/m0/s1. The maximum absolute atomic E-state index is 10.5. The van der Waals surface area contributed by atoms with E-state index >= 15 is 0 Å². The van der Waals surface area contributed by atoms with Crippen LogP contribution in [0, 0.1) is 0 Å². The number of aliphatic hydroxyl groups excluding tert-OH is 4. The summed E-state index contributed by atoms with van der Waals surface area (Å²) in [6.07, 6.45) is -5.48. The Bertz CT molecular complexity index is 1170. The average molecular weight is 347 g/mol. The summed E-state index contributed by atoms with van der Waals surface area (Å²) in [5, 5.41) is 44.8. The first-order valence-electron chi connectivity index (χ1n) is 8.53. The molecule has 0 unspecified atom stereocenters. The van der Waals surface area contributed by atoms with Crippen LogP contribution in [0.2, 0.25) is 0 Å². The number of rotatable bonds is 0. The van der Waals surface area contributed by atoms with Crippen molar-refractivity contribution in [3.8, 4) is 0 Å². The Kier molecular flexibility index (Phi) is 3.29. The second-order valence-electron chi connectivity index (χ2n) is 6.86. The lowest BCUT2D eigenvalue weighted by molar-refractivity contribution is -0.119. The van der Waals surface area contributed by atoms with E-state index in [4.69, 9.17) is 4.98 Å². The minimum Gasteiger partial charge on any atom is -0.387 e. The van der Waals surface area contributed by atoms with E-state index in [0.29, 0.717) is 16.6 Å². The molecule has 4 aromatic rings. The van der Waals surface area contributed by atoms with Gasteiger partial charge in [0.05, 0.1) is 11.0 Å². The van der Waals surface area contributed by atoms with Gasteiger partial charge in [0.25, 0.3) is 0 Å². The summed E-state index contributed by atoms with van der Waals surface area (Å²) < 4.78 is 0. The molecule has 1 aromatic heterocycles. The first-order valence-corrected chi connectivity index (χ1v) is 8.53. The smallest absolute Gasteiger partial charge is 0.113 e. The van der Waals surface area contributed by atoms with Crippen LogP contribution in [-0.4, -0.2) is 37.6 Å². The fourth-order valence-electron chi connectivity index (χ4n) is 3.97. The molecule has 0 spiro atoms. The number of aromatic nitrogens is 1.